The second kappa shape index (κ2) is 9.71. The number of carboxylic acid groups (broad SMARTS) is 1. The van der Waals surface area contributed by atoms with E-state index in [-0.39, 0.29) is 17.4 Å². The molecule has 2 aliphatic rings. The molecule has 2 saturated carbocycles. The van der Waals surface area contributed by atoms with Gasteiger partial charge in [0.05, 0.1) is 6.10 Å². The van der Waals surface area contributed by atoms with Crippen molar-refractivity contribution >= 4 is 17.3 Å². The van der Waals surface area contributed by atoms with Gasteiger partial charge in [-0.05, 0) is 93.6 Å². The summed E-state index contributed by atoms with van der Waals surface area (Å²) >= 11 is 1.35. The molecule has 2 unspecified atom stereocenters. The van der Waals surface area contributed by atoms with Crippen LogP contribution in [0, 0.1) is 17.3 Å². The highest BCUT2D eigenvalue weighted by molar-refractivity contribution is 7.13. The molecule has 0 spiro atoms. The fourth-order valence-electron chi connectivity index (χ4n) is 5.44. The van der Waals surface area contributed by atoms with Gasteiger partial charge in [0.25, 0.3) is 0 Å². The lowest BCUT2D eigenvalue weighted by Crippen LogP contribution is -2.40. The van der Waals surface area contributed by atoms with Crippen molar-refractivity contribution < 1.29 is 19.4 Å². The first-order valence-corrected chi connectivity index (χ1v) is 11.9. The number of alkyl halides is 1. The van der Waals surface area contributed by atoms with E-state index in [0.29, 0.717) is 17.2 Å². The standard InChI is InChI=1S/C23H35FO3S/c1-2-23(14-5-15-23)21(25)9-4-8-18-16(10-12-19(18)24)6-3-7-17-11-13-20(28-17)22(26)27/h11,13,16,18-19,21,25H,2-10,12,14-15H2,1H3,(H,26,27)/t16?,18-,19-,21?/m1/s1. The van der Waals surface area contributed by atoms with Crippen LogP contribution in [0.2, 0.25) is 0 Å². The van der Waals surface area contributed by atoms with E-state index in [0.717, 1.165) is 69.1 Å². The quantitative estimate of drug-likeness (QED) is 0.454. The fourth-order valence-corrected chi connectivity index (χ4v) is 6.33. The zero-order valence-corrected chi connectivity index (χ0v) is 17.9. The molecule has 1 aromatic rings. The molecule has 0 aliphatic heterocycles. The van der Waals surface area contributed by atoms with E-state index in [1.54, 1.807) is 6.07 Å². The van der Waals surface area contributed by atoms with Crippen LogP contribution >= 0.6 is 11.3 Å². The summed E-state index contributed by atoms with van der Waals surface area (Å²) in [5.74, 6) is -0.278. The largest absolute Gasteiger partial charge is 0.477 e. The van der Waals surface area contributed by atoms with Gasteiger partial charge in [0.15, 0.2) is 0 Å². The van der Waals surface area contributed by atoms with Gasteiger partial charge in [0.1, 0.15) is 11.0 Å². The fraction of sp³-hybridized carbons (Fsp3) is 0.783. The van der Waals surface area contributed by atoms with Crippen LogP contribution in [0.3, 0.4) is 0 Å². The minimum absolute atomic E-state index is 0.143. The average molecular weight is 411 g/mol. The highest BCUT2D eigenvalue weighted by Crippen LogP contribution is 2.48. The maximum Gasteiger partial charge on any atom is 0.345 e. The zero-order valence-electron chi connectivity index (χ0n) is 17.0. The third kappa shape index (κ3) is 4.96. The van der Waals surface area contributed by atoms with Crippen molar-refractivity contribution in [2.75, 3.05) is 0 Å². The summed E-state index contributed by atoms with van der Waals surface area (Å²) in [6.07, 6.45) is 10.9. The highest BCUT2D eigenvalue weighted by atomic mass is 32.1. The van der Waals surface area contributed by atoms with Crippen molar-refractivity contribution in [2.45, 2.75) is 96.2 Å². The lowest BCUT2D eigenvalue weighted by atomic mass is 9.62. The van der Waals surface area contributed by atoms with Crippen molar-refractivity contribution in [3.63, 3.8) is 0 Å². The summed E-state index contributed by atoms with van der Waals surface area (Å²) in [7, 11) is 0. The number of aryl methyl sites for hydroxylation is 1. The lowest BCUT2D eigenvalue weighted by Gasteiger charge is -2.45. The Morgan fingerprint density at radius 3 is 2.68 bits per heavy atom. The molecule has 1 aromatic heterocycles. The summed E-state index contributed by atoms with van der Waals surface area (Å²) in [4.78, 5) is 12.5. The molecule has 158 valence electrons. The topological polar surface area (TPSA) is 57.5 Å². The molecule has 0 amide bonds. The molecule has 3 nitrogen and oxygen atoms in total. The molecule has 2 aliphatic carbocycles. The van der Waals surface area contributed by atoms with Crippen LogP contribution in [0.5, 0.6) is 0 Å². The maximum absolute atomic E-state index is 14.5. The first-order valence-electron chi connectivity index (χ1n) is 11.1. The number of hydrogen-bond acceptors (Lipinski definition) is 3. The van der Waals surface area contributed by atoms with E-state index in [2.05, 4.69) is 6.92 Å². The van der Waals surface area contributed by atoms with Gasteiger partial charge >= 0.3 is 5.97 Å². The average Bonchev–Trinajstić information content (AvgIpc) is 3.23. The van der Waals surface area contributed by atoms with Crippen LogP contribution in [-0.4, -0.2) is 28.5 Å². The van der Waals surface area contributed by atoms with Gasteiger partial charge < -0.3 is 10.2 Å². The Morgan fingerprint density at radius 1 is 1.29 bits per heavy atom. The smallest absolute Gasteiger partial charge is 0.345 e. The molecule has 1 heterocycles. The van der Waals surface area contributed by atoms with Crippen molar-refractivity contribution in [1.29, 1.82) is 0 Å². The predicted molar refractivity (Wildman–Crippen MR) is 112 cm³/mol. The molecule has 2 fully saturated rings. The number of aliphatic hydroxyl groups excluding tert-OH is 1. The van der Waals surface area contributed by atoms with E-state index >= 15 is 0 Å². The Bertz CT molecular complexity index is 634. The van der Waals surface area contributed by atoms with Gasteiger partial charge in [-0.1, -0.05) is 19.8 Å². The van der Waals surface area contributed by atoms with Crippen LogP contribution in [0.15, 0.2) is 12.1 Å². The number of aliphatic hydroxyl groups is 1. The Morgan fingerprint density at radius 2 is 2.07 bits per heavy atom. The number of carbonyl (C=O) groups is 1. The van der Waals surface area contributed by atoms with Crippen LogP contribution in [0.25, 0.3) is 0 Å². The Balaban J connectivity index is 1.41. The molecule has 2 N–H and O–H groups in total. The Hall–Kier alpha value is -0.940. The monoisotopic (exact) mass is 410 g/mol. The van der Waals surface area contributed by atoms with Gasteiger partial charge in [-0.2, -0.15) is 0 Å². The molecule has 5 heteroatoms. The van der Waals surface area contributed by atoms with Gasteiger partial charge in [-0.15, -0.1) is 11.3 Å². The summed E-state index contributed by atoms with van der Waals surface area (Å²) < 4.78 is 14.5. The maximum atomic E-state index is 14.5. The van der Waals surface area contributed by atoms with E-state index in [9.17, 15) is 14.3 Å². The number of rotatable bonds is 11. The van der Waals surface area contributed by atoms with Crippen molar-refractivity contribution in [1.82, 2.24) is 0 Å². The van der Waals surface area contributed by atoms with Crippen LogP contribution < -0.4 is 0 Å². The molecule has 3 rings (SSSR count). The second-order valence-electron chi connectivity index (χ2n) is 9.00. The number of thiophene rings is 1. The number of carboxylic acids is 1. The zero-order chi connectivity index (χ0) is 20.1. The Kier molecular flexibility index (Phi) is 7.54. The van der Waals surface area contributed by atoms with Gasteiger partial charge in [-0.25, -0.2) is 9.18 Å². The number of hydrogen-bond donors (Lipinski definition) is 2. The molecule has 4 atom stereocenters. The summed E-state index contributed by atoms with van der Waals surface area (Å²) in [5, 5.41) is 19.6. The molecule has 0 bridgehead atoms. The minimum Gasteiger partial charge on any atom is -0.477 e. The Labute approximate surface area is 172 Å². The van der Waals surface area contributed by atoms with Crippen LogP contribution in [-0.2, 0) is 6.42 Å². The van der Waals surface area contributed by atoms with Crippen LogP contribution in [0.1, 0.15) is 92.1 Å². The molecule has 0 radical (unpaired) electrons. The van der Waals surface area contributed by atoms with Gasteiger partial charge in [-0.3, -0.25) is 0 Å². The van der Waals surface area contributed by atoms with Crippen molar-refractivity contribution in [2.24, 2.45) is 17.3 Å². The summed E-state index contributed by atoms with van der Waals surface area (Å²) in [6.45, 7) is 2.18. The molecular formula is C23H35FO3S. The normalized spacial score (nSPS) is 27.5. The number of halogens is 1. The van der Waals surface area contributed by atoms with Crippen LogP contribution in [0.4, 0.5) is 4.39 Å². The number of aromatic carboxylic acids is 1. The second-order valence-corrected chi connectivity index (χ2v) is 10.2. The third-order valence-corrected chi connectivity index (χ3v) is 8.66. The highest BCUT2D eigenvalue weighted by Gasteiger charge is 2.41. The van der Waals surface area contributed by atoms with Gasteiger partial charge in [0.2, 0.25) is 0 Å². The van der Waals surface area contributed by atoms with E-state index < -0.39 is 12.1 Å². The first kappa shape index (κ1) is 21.8. The predicted octanol–water partition coefficient (Wildman–Crippen LogP) is 6.24. The lowest BCUT2D eigenvalue weighted by molar-refractivity contribution is -0.0440. The third-order valence-electron chi connectivity index (χ3n) is 7.53. The van der Waals surface area contributed by atoms with Crippen molar-refractivity contribution in [3.05, 3.63) is 21.9 Å². The van der Waals surface area contributed by atoms with E-state index in [1.807, 2.05) is 6.07 Å². The summed E-state index contributed by atoms with van der Waals surface area (Å²) in [5.41, 5.74) is 0.152. The molecule has 28 heavy (non-hydrogen) atoms. The molecule has 0 saturated heterocycles. The summed E-state index contributed by atoms with van der Waals surface area (Å²) in [6, 6.07) is 3.58. The van der Waals surface area contributed by atoms with Crippen molar-refractivity contribution in [3.8, 4) is 0 Å². The minimum atomic E-state index is -0.860. The van der Waals surface area contributed by atoms with Gasteiger partial charge in [0, 0.05) is 4.88 Å². The first-order chi connectivity index (χ1) is 13.4. The SMILES string of the molecule is CCC1(C(O)CCC[C@@H]2C(CCCc3ccc(C(=O)O)s3)CC[C@H]2F)CCC1. The molecular weight excluding hydrogens is 375 g/mol. The van der Waals surface area contributed by atoms with E-state index in [1.165, 1.54) is 17.8 Å². The van der Waals surface area contributed by atoms with E-state index in [4.69, 9.17) is 5.11 Å². The molecule has 0 aromatic carbocycles.